The molecule has 1 aromatic heterocycles. The number of hydrogen-bond donors (Lipinski definition) is 0. The Morgan fingerprint density at radius 3 is 2.94 bits per heavy atom. The molecule has 0 atom stereocenters. The van der Waals surface area contributed by atoms with Gasteiger partial charge in [0.25, 0.3) is 5.82 Å². The van der Waals surface area contributed by atoms with E-state index < -0.39 is 5.97 Å². The second kappa shape index (κ2) is 6.48. The smallest absolute Gasteiger partial charge is 0.377 e. The summed E-state index contributed by atoms with van der Waals surface area (Å²) >= 11 is 0. The first-order valence-electron chi connectivity index (χ1n) is 5.39. The van der Waals surface area contributed by atoms with Crippen LogP contribution in [0.15, 0.2) is 34.7 Å². The van der Waals surface area contributed by atoms with Crippen LogP contribution in [-0.2, 0) is 11.3 Å². The number of nitrogens with zero attached hydrogens (tertiary/aromatic N) is 4. The fourth-order valence-electron chi connectivity index (χ4n) is 1.35. The molecule has 0 spiro atoms. The molecule has 0 aromatic carbocycles. The Morgan fingerprint density at radius 1 is 1.67 bits per heavy atom. The second-order valence-corrected chi connectivity index (χ2v) is 3.55. The summed E-state index contributed by atoms with van der Waals surface area (Å²) in [4.78, 5) is 19.0. The number of methoxy groups -OCH3 is 1. The second-order valence-electron chi connectivity index (χ2n) is 3.55. The number of aliphatic imine (C=N–C) groups is 1. The minimum atomic E-state index is -0.559. The van der Waals surface area contributed by atoms with E-state index in [0.29, 0.717) is 6.54 Å². The number of allylic oxidation sites excluding steroid dienone is 4. The highest BCUT2D eigenvalue weighted by Crippen LogP contribution is 2.09. The van der Waals surface area contributed by atoms with E-state index in [-0.39, 0.29) is 5.82 Å². The Hall–Kier alpha value is -2.24. The van der Waals surface area contributed by atoms with Crippen molar-refractivity contribution in [3.8, 4) is 0 Å². The highest BCUT2D eigenvalue weighted by atomic mass is 16.5. The highest BCUT2D eigenvalue weighted by molar-refractivity contribution is 5.84. The van der Waals surface area contributed by atoms with Crippen molar-refractivity contribution in [2.24, 2.45) is 4.99 Å². The maximum atomic E-state index is 11.2. The largest absolute Gasteiger partial charge is 0.463 e. The van der Waals surface area contributed by atoms with Gasteiger partial charge in [0.15, 0.2) is 0 Å². The summed E-state index contributed by atoms with van der Waals surface area (Å²) in [5.41, 5.74) is 1.76. The van der Waals surface area contributed by atoms with E-state index in [2.05, 4.69) is 26.5 Å². The highest BCUT2D eigenvalue weighted by Gasteiger charge is 2.11. The molecule has 0 amide bonds. The SMILES string of the molecule is C=N/C(Cn1cnc(C(=O)OC)n1)=C(C)\C=C/C. The normalized spacial score (nSPS) is 12.4. The Bertz CT molecular complexity index is 500. The van der Waals surface area contributed by atoms with Gasteiger partial charge in [-0.3, -0.25) is 4.99 Å². The van der Waals surface area contributed by atoms with Crippen molar-refractivity contribution >= 4 is 12.7 Å². The summed E-state index contributed by atoms with van der Waals surface area (Å²) in [6, 6.07) is 0. The fourth-order valence-corrected chi connectivity index (χ4v) is 1.35. The minimum absolute atomic E-state index is 0.0320. The zero-order valence-corrected chi connectivity index (χ0v) is 10.8. The van der Waals surface area contributed by atoms with E-state index in [1.165, 1.54) is 18.1 Å². The van der Waals surface area contributed by atoms with Gasteiger partial charge < -0.3 is 4.74 Å². The number of ether oxygens (including phenoxy) is 1. The van der Waals surface area contributed by atoms with Gasteiger partial charge in [-0.1, -0.05) is 12.2 Å². The van der Waals surface area contributed by atoms with Crippen LogP contribution in [0.25, 0.3) is 0 Å². The molecule has 0 radical (unpaired) electrons. The van der Waals surface area contributed by atoms with Gasteiger partial charge in [-0.05, 0) is 26.1 Å². The van der Waals surface area contributed by atoms with Crippen LogP contribution in [-0.4, -0.2) is 34.6 Å². The molecule has 1 aromatic rings. The fraction of sp³-hybridized carbons (Fsp3) is 0.333. The summed E-state index contributed by atoms with van der Waals surface area (Å²) < 4.78 is 6.05. The van der Waals surface area contributed by atoms with Crippen LogP contribution in [0.3, 0.4) is 0 Å². The molecular weight excluding hydrogens is 232 g/mol. The maximum absolute atomic E-state index is 11.2. The van der Waals surface area contributed by atoms with Gasteiger partial charge >= 0.3 is 5.97 Å². The first-order chi connectivity index (χ1) is 8.62. The Kier molecular flexibility index (Phi) is 4.98. The molecule has 96 valence electrons. The molecule has 0 aliphatic rings. The van der Waals surface area contributed by atoms with Crippen molar-refractivity contribution in [1.82, 2.24) is 14.8 Å². The number of rotatable bonds is 5. The molecule has 1 rings (SSSR count). The molecule has 0 bridgehead atoms. The molecule has 0 saturated carbocycles. The lowest BCUT2D eigenvalue weighted by molar-refractivity contribution is 0.0586. The number of carbonyl (C=O) groups is 1. The first-order valence-corrected chi connectivity index (χ1v) is 5.39. The molecule has 0 saturated heterocycles. The van der Waals surface area contributed by atoms with Crippen LogP contribution in [0.2, 0.25) is 0 Å². The quantitative estimate of drug-likeness (QED) is 0.451. The Labute approximate surface area is 106 Å². The monoisotopic (exact) mass is 248 g/mol. The Morgan fingerprint density at radius 2 is 2.39 bits per heavy atom. The lowest BCUT2D eigenvalue weighted by atomic mass is 10.2. The average Bonchev–Trinajstić information content (AvgIpc) is 2.83. The molecule has 0 aliphatic carbocycles. The number of hydrogen-bond acceptors (Lipinski definition) is 5. The average molecular weight is 248 g/mol. The van der Waals surface area contributed by atoms with E-state index in [9.17, 15) is 4.79 Å². The number of carbonyl (C=O) groups excluding carboxylic acids is 1. The molecule has 18 heavy (non-hydrogen) atoms. The van der Waals surface area contributed by atoms with Crippen LogP contribution in [0.1, 0.15) is 24.5 Å². The van der Waals surface area contributed by atoms with Gasteiger partial charge in [-0.25, -0.2) is 14.5 Å². The van der Waals surface area contributed by atoms with Crippen molar-refractivity contribution in [3.05, 3.63) is 35.6 Å². The van der Waals surface area contributed by atoms with E-state index in [1.54, 1.807) is 0 Å². The van der Waals surface area contributed by atoms with Crippen LogP contribution < -0.4 is 0 Å². The standard InChI is InChI=1S/C12H16N4O2/c1-5-6-9(2)10(13-3)7-16-8-14-11(15-16)12(17)18-4/h5-6,8H,3,7H2,1-2,4H3/b6-5-,10-9-. The van der Waals surface area contributed by atoms with Gasteiger partial charge in [-0.15, -0.1) is 5.10 Å². The van der Waals surface area contributed by atoms with Gasteiger partial charge in [0.05, 0.1) is 19.4 Å². The Balaban J connectivity index is 2.90. The zero-order valence-electron chi connectivity index (χ0n) is 10.8. The van der Waals surface area contributed by atoms with Gasteiger partial charge in [0.1, 0.15) is 6.33 Å². The third-order valence-corrected chi connectivity index (χ3v) is 2.28. The van der Waals surface area contributed by atoms with E-state index in [4.69, 9.17) is 0 Å². The van der Waals surface area contributed by atoms with Crippen LogP contribution in [0.5, 0.6) is 0 Å². The summed E-state index contributed by atoms with van der Waals surface area (Å²) in [6.07, 6.45) is 5.31. The predicted molar refractivity (Wildman–Crippen MR) is 68.4 cm³/mol. The topological polar surface area (TPSA) is 69.4 Å². The van der Waals surface area contributed by atoms with Gasteiger partial charge in [0, 0.05) is 0 Å². The number of esters is 1. The lowest BCUT2D eigenvalue weighted by Gasteiger charge is -2.03. The van der Waals surface area contributed by atoms with Gasteiger partial charge in [0.2, 0.25) is 0 Å². The van der Waals surface area contributed by atoms with E-state index >= 15 is 0 Å². The van der Waals surface area contributed by atoms with Crippen molar-refractivity contribution in [2.45, 2.75) is 20.4 Å². The molecule has 0 fully saturated rings. The summed E-state index contributed by atoms with van der Waals surface area (Å²) in [5.74, 6) is -0.527. The van der Waals surface area contributed by atoms with Crippen molar-refractivity contribution < 1.29 is 9.53 Å². The zero-order chi connectivity index (χ0) is 13.5. The van der Waals surface area contributed by atoms with E-state index in [1.807, 2.05) is 26.0 Å². The first kappa shape index (κ1) is 13.8. The molecule has 1 heterocycles. The van der Waals surface area contributed by atoms with Crippen LogP contribution in [0, 0.1) is 0 Å². The minimum Gasteiger partial charge on any atom is -0.463 e. The molecule has 0 unspecified atom stereocenters. The summed E-state index contributed by atoms with van der Waals surface area (Å²) in [7, 11) is 1.29. The van der Waals surface area contributed by atoms with Crippen LogP contribution >= 0.6 is 0 Å². The summed E-state index contributed by atoms with van der Waals surface area (Å²) in [5, 5.41) is 4.00. The van der Waals surface area contributed by atoms with Crippen molar-refractivity contribution in [2.75, 3.05) is 7.11 Å². The third kappa shape index (κ3) is 3.38. The summed E-state index contributed by atoms with van der Waals surface area (Å²) in [6.45, 7) is 7.79. The molecule has 6 nitrogen and oxygen atoms in total. The number of aromatic nitrogens is 3. The van der Waals surface area contributed by atoms with Gasteiger partial charge in [-0.2, -0.15) is 0 Å². The maximum Gasteiger partial charge on any atom is 0.377 e. The lowest BCUT2D eigenvalue weighted by Crippen LogP contribution is -2.07. The molecule has 0 N–H and O–H groups in total. The predicted octanol–water partition coefficient (Wildman–Crippen LogP) is 1.62. The van der Waals surface area contributed by atoms with Crippen molar-refractivity contribution in [1.29, 1.82) is 0 Å². The molecule has 0 aliphatic heterocycles. The molecular formula is C12H16N4O2. The van der Waals surface area contributed by atoms with Crippen LogP contribution in [0.4, 0.5) is 0 Å². The van der Waals surface area contributed by atoms with E-state index in [0.717, 1.165) is 11.3 Å². The third-order valence-electron chi connectivity index (χ3n) is 2.28. The van der Waals surface area contributed by atoms with Crippen molar-refractivity contribution in [3.63, 3.8) is 0 Å². The molecule has 6 heteroatoms.